The Hall–Kier alpha value is 0.558. The molecular formula is C10H23As. The van der Waals surface area contributed by atoms with E-state index in [2.05, 4.69) is 48.5 Å². The summed E-state index contributed by atoms with van der Waals surface area (Å²) >= 11 is -0.639. The van der Waals surface area contributed by atoms with Crippen molar-refractivity contribution in [1.29, 1.82) is 0 Å². The van der Waals surface area contributed by atoms with Crippen molar-refractivity contribution in [3.05, 3.63) is 0 Å². The molecule has 0 rings (SSSR count). The number of hydrogen-bond donors (Lipinski definition) is 0. The van der Waals surface area contributed by atoms with Crippen LogP contribution in [0.5, 0.6) is 0 Å². The molecule has 0 spiro atoms. The molecule has 0 radical (unpaired) electrons. The van der Waals surface area contributed by atoms with Gasteiger partial charge in [-0.1, -0.05) is 0 Å². The summed E-state index contributed by atoms with van der Waals surface area (Å²) in [5, 5.41) is 0. The normalized spacial score (nSPS) is 13.6. The van der Waals surface area contributed by atoms with E-state index in [1.54, 1.807) is 0 Å². The number of hydrogen-bond acceptors (Lipinski definition) is 0. The van der Waals surface area contributed by atoms with Crippen molar-refractivity contribution in [3.63, 3.8) is 0 Å². The summed E-state index contributed by atoms with van der Waals surface area (Å²) in [6.07, 6.45) is 0. The molecule has 0 amide bonds. The molecule has 0 aromatic rings. The molecule has 11 heavy (non-hydrogen) atoms. The van der Waals surface area contributed by atoms with Crippen molar-refractivity contribution in [2.24, 2.45) is 0 Å². The van der Waals surface area contributed by atoms with Gasteiger partial charge in [0.15, 0.2) is 0 Å². The Morgan fingerprint density at radius 1 is 0.818 bits per heavy atom. The molecule has 0 bridgehead atoms. The van der Waals surface area contributed by atoms with Gasteiger partial charge in [0.05, 0.1) is 0 Å². The minimum absolute atomic E-state index is 0.606. The van der Waals surface area contributed by atoms with Crippen molar-refractivity contribution in [1.82, 2.24) is 0 Å². The molecular weight excluding hydrogens is 195 g/mol. The summed E-state index contributed by atoms with van der Waals surface area (Å²) in [5.41, 5.74) is 0. The summed E-state index contributed by atoms with van der Waals surface area (Å²) in [7, 11) is 0. The zero-order valence-electron chi connectivity index (χ0n) is 9.10. The maximum absolute atomic E-state index is 2.41. The van der Waals surface area contributed by atoms with E-state index in [0.29, 0.717) is 4.20 Å². The Labute approximate surface area is 77.0 Å². The molecule has 0 aliphatic carbocycles. The van der Waals surface area contributed by atoms with Gasteiger partial charge in [-0.2, -0.15) is 0 Å². The van der Waals surface area contributed by atoms with Crippen molar-refractivity contribution >= 4 is 14.7 Å². The van der Waals surface area contributed by atoms with Crippen LogP contribution in [0.15, 0.2) is 0 Å². The second-order valence-electron chi connectivity index (χ2n) is 4.77. The van der Waals surface area contributed by atoms with Gasteiger partial charge in [-0.3, -0.25) is 0 Å². The summed E-state index contributed by atoms with van der Waals surface area (Å²) in [4.78, 5) is 0. The van der Waals surface area contributed by atoms with E-state index in [-0.39, 0.29) is 0 Å². The molecule has 0 saturated heterocycles. The third kappa shape index (κ3) is 3.65. The Balaban J connectivity index is 4.35. The van der Waals surface area contributed by atoms with Crippen LogP contribution in [-0.2, 0) is 0 Å². The van der Waals surface area contributed by atoms with Crippen molar-refractivity contribution in [2.75, 3.05) is 0 Å². The second-order valence-corrected chi connectivity index (χ2v) is 13.6. The molecule has 68 valence electrons. The molecule has 0 fully saturated rings. The van der Waals surface area contributed by atoms with Crippen LogP contribution >= 0.6 is 0 Å². The second kappa shape index (κ2) is 3.99. The van der Waals surface area contributed by atoms with Gasteiger partial charge >= 0.3 is 76.7 Å². The van der Waals surface area contributed by atoms with E-state index in [1.807, 2.05) is 0 Å². The van der Waals surface area contributed by atoms with Crippen molar-refractivity contribution in [2.45, 2.75) is 62.1 Å². The third-order valence-corrected chi connectivity index (χ3v) is 9.81. The third-order valence-electron chi connectivity index (χ3n) is 1.89. The van der Waals surface area contributed by atoms with Gasteiger partial charge in [-0.05, 0) is 0 Å². The Kier molecular flexibility index (Phi) is 4.19. The first-order valence-corrected chi connectivity index (χ1v) is 7.65. The Bertz CT molecular complexity index is 101. The summed E-state index contributed by atoms with van der Waals surface area (Å²) in [6, 6.07) is 0. The van der Waals surface area contributed by atoms with Crippen LogP contribution in [0, 0.1) is 0 Å². The van der Waals surface area contributed by atoms with Gasteiger partial charge in [0.1, 0.15) is 0 Å². The molecule has 0 atom stereocenters. The van der Waals surface area contributed by atoms with E-state index in [9.17, 15) is 0 Å². The van der Waals surface area contributed by atoms with Gasteiger partial charge in [-0.15, -0.1) is 0 Å². The molecule has 0 aliphatic heterocycles. The fraction of sp³-hybridized carbons (Fsp3) is 1.00. The van der Waals surface area contributed by atoms with Crippen LogP contribution in [0.2, 0.25) is 13.6 Å². The Morgan fingerprint density at radius 2 is 1.09 bits per heavy atom. The van der Waals surface area contributed by atoms with Crippen LogP contribution < -0.4 is 0 Å². The van der Waals surface area contributed by atoms with Gasteiger partial charge in [-0.25, -0.2) is 0 Å². The van der Waals surface area contributed by atoms with E-state index < -0.39 is 14.7 Å². The fourth-order valence-corrected chi connectivity index (χ4v) is 11.1. The van der Waals surface area contributed by atoms with Gasteiger partial charge in [0, 0.05) is 0 Å². The van der Waals surface area contributed by atoms with E-state index in [1.165, 1.54) is 0 Å². The summed E-state index contributed by atoms with van der Waals surface area (Å²) in [5.74, 6) is 0. The molecule has 0 aromatic heterocycles. The molecule has 0 N–H and O–H groups in total. The minimum atomic E-state index is -0.639. The van der Waals surface area contributed by atoms with Gasteiger partial charge in [0.25, 0.3) is 0 Å². The average Bonchev–Trinajstić information content (AvgIpc) is 1.54. The molecule has 0 aliphatic rings. The summed E-state index contributed by atoms with van der Waals surface area (Å²) in [6.45, 7) is 16.8. The predicted molar refractivity (Wildman–Crippen MR) is 55.7 cm³/mol. The van der Waals surface area contributed by atoms with Crippen LogP contribution in [0.3, 0.4) is 0 Å². The average molecular weight is 218 g/mol. The maximum atomic E-state index is 2.41. The first kappa shape index (κ1) is 11.6. The van der Waals surface area contributed by atoms with Gasteiger partial charge < -0.3 is 0 Å². The molecule has 0 aromatic carbocycles. The van der Waals surface area contributed by atoms with E-state index in [4.69, 9.17) is 0 Å². The number of rotatable bonds is 2. The molecule has 0 saturated carbocycles. The molecule has 1 heteroatoms. The SMILES string of the molecule is CC(C)[As](C(C)C)C(C)(C)C. The molecule has 0 nitrogen and oxygen atoms in total. The van der Waals surface area contributed by atoms with Crippen LogP contribution in [0.4, 0.5) is 0 Å². The first-order valence-electron chi connectivity index (χ1n) is 4.55. The fourth-order valence-electron chi connectivity index (χ4n) is 2.15. The van der Waals surface area contributed by atoms with E-state index >= 15 is 0 Å². The van der Waals surface area contributed by atoms with Crippen molar-refractivity contribution in [3.8, 4) is 0 Å². The molecule has 0 heterocycles. The van der Waals surface area contributed by atoms with E-state index in [0.717, 1.165) is 9.41 Å². The zero-order chi connectivity index (χ0) is 9.23. The van der Waals surface area contributed by atoms with Gasteiger partial charge in [0.2, 0.25) is 0 Å². The summed E-state index contributed by atoms with van der Waals surface area (Å²) < 4.78 is 2.50. The quantitative estimate of drug-likeness (QED) is 0.612. The first-order chi connectivity index (χ1) is 4.76. The van der Waals surface area contributed by atoms with Crippen LogP contribution in [0.25, 0.3) is 0 Å². The van der Waals surface area contributed by atoms with Crippen LogP contribution in [0.1, 0.15) is 48.5 Å². The zero-order valence-corrected chi connectivity index (χ0v) is 11.0. The standard InChI is InChI=1S/C10H23As/c1-8(2)11(9(3)4)10(5,6)7/h8-9H,1-7H3. The molecule has 0 unspecified atom stereocenters. The topological polar surface area (TPSA) is 0 Å². The monoisotopic (exact) mass is 218 g/mol. The predicted octanol–water partition coefficient (Wildman–Crippen LogP) is 4.10. The Morgan fingerprint density at radius 3 is 1.09 bits per heavy atom. The van der Waals surface area contributed by atoms with Crippen LogP contribution in [-0.4, -0.2) is 14.7 Å². The van der Waals surface area contributed by atoms with Crippen molar-refractivity contribution < 1.29 is 0 Å².